The van der Waals surface area contributed by atoms with Crippen molar-refractivity contribution >= 4 is 152 Å². The maximum absolute atomic E-state index is 10.1. The zero-order valence-electron chi connectivity index (χ0n) is 32.0. The molecule has 3 aromatic carbocycles. The van der Waals surface area contributed by atoms with Crippen LogP contribution in [0.5, 0.6) is 5.88 Å². The number of alkyl halides is 1. The fraction of sp³-hybridized carbons (Fsp3) is 0.216. The summed E-state index contributed by atoms with van der Waals surface area (Å²) in [6.45, 7) is 8.29. The Kier molecular flexibility index (Phi) is 19.0. The summed E-state index contributed by atoms with van der Waals surface area (Å²) in [7, 11) is 0. The number of carbonyl (C=O) groups excluding carboxylic acids is 1. The second kappa shape index (κ2) is 23.4. The van der Waals surface area contributed by atoms with E-state index in [0.29, 0.717) is 53.3 Å². The Bertz CT molecular complexity index is 2590. The van der Waals surface area contributed by atoms with Crippen LogP contribution in [0, 0.1) is 20.8 Å². The number of aromatic hydroxyl groups is 1. The van der Waals surface area contributed by atoms with Gasteiger partial charge in [-0.15, -0.1) is 22.7 Å². The number of ether oxygens (including phenoxy) is 1. The molecule has 0 fully saturated rings. The maximum Gasteiger partial charge on any atom is 0.339 e. The number of aromatic nitrogens is 5. The van der Waals surface area contributed by atoms with Crippen molar-refractivity contribution in [3.63, 3.8) is 0 Å². The normalized spacial score (nSPS) is 10.7. The minimum Gasteiger partial charge on any atom is -0.493 e. The molecule has 0 radical (unpaired) electrons. The van der Waals surface area contributed by atoms with Crippen LogP contribution in [-0.4, -0.2) is 53.0 Å². The number of thiocarbonyl (C=S) groups is 1. The molecule has 0 bridgehead atoms. The highest BCUT2D eigenvalue weighted by molar-refractivity contribution is 9.09. The first-order valence-corrected chi connectivity index (χ1v) is 25.3. The molecule has 0 atom stereocenters. The summed E-state index contributed by atoms with van der Waals surface area (Å²) in [6.07, 6.45) is 1.10. The smallest absolute Gasteiger partial charge is 0.339 e. The van der Waals surface area contributed by atoms with Crippen molar-refractivity contribution in [2.75, 3.05) is 17.3 Å². The molecule has 8 rings (SSSR count). The molecule has 0 saturated heterocycles. The Morgan fingerprint density at radius 1 is 0.817 bits per heavy atom. The van der Waals surface area contributed by atoms with E-state index in [1.807, 2.05) is 80.7 Å². The van der Waals surface area contributed by atoms with E-state index in [1.165, 1.54) is 28.2 Å². The quantitative estimate of drug-likeness (QED) is 0.0588. The zero-order valence-corrected chi connectivity index (χ0v) is 39.9. The highest BCUT2D eigenvalue weighted by Crippen LogP contribution is 2.61. The van der Waals surface area contributed by atoms with Gasteiger partial charge in [-0.25, -0.2) is 19.9 Å². The Morgan fingerprint density at radius 3 is 1.65 bits per heavy atom. The first-order valence-electron chi connectivity index (χ1n) is 17.2. The van der Waals surface area contributed by atoms with Crippen LogP contribution in [0.25, 0.3) is 33.3 Å². The largest absolute Gasteiger partial charge is 0.493 e. The van der Waals surface area contributed by atoms with E-state index >= 15 is 0 Å². The summed E-state index contributed by atoms with van der Waals surface area (Å²) in [5.74, 6) is 1.15. The highest BCUT2D eigenvalue weighted by Gasteiger charge is 2.11. The van der Waals surface area contributed by atoms with Crippen molar-refractivity contribution in [2.45, 2.75) is 40.5 Å². The molecule has 0 spiro atoms. The lowest BCUT2D eigenvalue weighted by atomic mass is 10.2. The van der Waals surface area contributed by atoms with Gasteiger partial charge in [-0.3, -0.25) is 14.7 Å². The first-order chi connectivity index (χ1) is 28.4. The van der Waals surface area contributed by atoms with E-state index in [2.05, 4.69) is 96.8 Å². The Balaban J connectivity index is 0.000000176. The third-order valence-corrected chi connectivity index (χ3v) is 9.60. The maximum atomic E-state index is 10.1. The molecular formula is C37H35BrCl4N7O7PS3. The summed E-state index contributed by atoms with van der Waals surface area (Å²) in [6, 6.07) is 17.9. The number of carbonyl (C=O) groups is 1. The number of benzene rings is 3. The Hall–Kier alpha value is -3.84. The zero-order chi connectivity index (χ0) is 44.0. The van der Waals surface area contributed by atoms with Gasteiger partial charge in [-0.05, 0) is 127 Å². The van der Waals surface area contributed by atoms with E-state index in [-0.39, 0.29) is 17.0 Å². The second-order valence-electron chi connectivity index (χ2n) is 12.0. The van der Waals surface area contributed by atoms with Gasteiger partial charge in [0.1, 0.15) is 37.0 Å². The van der Waals surface area contributed by atoms with Crippen LogP contribution in [0.3, 0.4) is 0 Å². The summed E-state index contributed by atoms with van der Waals surface area (Å²) in [4.78, 5) is 31.3. The fourth-order valence-corrected chi connectivity index (χ4v) is 6.55. The molecule has 8 aromatic rings. The third-order valence-electron chi connectivity index (χ3n) is 7.03. The molecule has 0 amide bonds. The average Bonchev–Trinajstić information content (AvgIpc) is 4.00. The van der Waals surface area contributed by atoms with Gasteiger partial charge in [0, 0.05) is 5.38 Å². The summed E-state index contributed by atoms with van der Waals surface area (Å²) >= 11 is 30.2. The minimum absolute atomic E-state index is 0.0527. The molecule has 0 aliphatic rings. The van der Waals surface area contributed by atoms with Crippen LogP contribution in [0.4, 0.5) is 6.01 Å². The molecule has 14 nitrogen and oxygen atoms in total. The van der Waals surface area contributed by atoms with Crippen molar-refractivity contribution in [3.8, 4) is 5.88 Å². The van der Waals surface area contributed by atoms with Gasteiger partial charge in [0.25, 0.3) is 0 Å². The average molecular weight is 1040 g/mol. The van der Waals surface area contributed by atoms with E-state index < -0.39 is 5.20 Å². The van der Waals surface area contributed by atoms with Crippen molar-refractivity contribution < 1.29 is 32.5 Å². The lowest BCUT2D eigenvalue weighted by Crippen LogP contribution is -2.18. The monoisotopic (exact) mass is 1030 g/mol. The van der Waals surface area contributed by atoms with Gasteiger partial charge in [0.15, 0.2) is 21.9 Å². The van der Waals surface area contributed by atoms with Gasteiger partial charge < -0.3 is 28.8 Å². The topological polar surface area (TPSA) is 206 Å². The van der Waals surface area contributed by atoms with Gasteiger partial charge in [0.05, 0.1) is 24.8 Å². The van der Waals surface area contributed by atoms with Crippen LogP contribution in [0.15, 0.2) is 78.6 Å². The van der Waals surface area contributed by atoms with Crippen LogP contribution in [-0.2, 0) is 26.9 Å². The lowest BCUT2D eigenvalue weighted by molar-refractivity contribution is -0.139. The van der Waals surface area contributed by atoms with Gasteiger partial charge >= 0.3 is 17.2 Å². The number of thiazole rings is 2. The minimum atomic E-state index is -3.22. The number of fused-ring (bicyclic) bond motifs is 3. The number of rotatable bonds is 7. The first kappa shape index (κ1) is 48.8. The number of halogens is 5. The number of hydrogen-bond acceptors (Lipinski definition) is 15. The molecule has 5 heterocycles. The molecule has 60 heavy (non-hydrogen) atoms. The standard InChI is InChI=1S/C12H9ClN2OS.C12H10N2O2S.C9H9N3OS.C4H7BrO2.Cl3OP/c1-7-2-3-9-8(4-7)14-11(16-9)5-12-15-10(13)6-17-12;1-7-2-3-9-8(4-7)13-11(16-9)5-12-14-10(15)6-17-12;1-5-2-3-7-6(4-5)11-9(13-7)12-8(10)14;1-2-7-4(6)3-5;1-5(2,3)4/h2-4,6H,5H2,1H3;2-4,6,15H,5H2,1H3;2-4H,1H3,(H3,10,11,12,14);2-3H2,1H3;. The SMILES string of the molecule is CCOC(=O)CBr.Cc1ccc2oc(Cc3nc(Cl)cs3)nc2c1.Cc1ccc2oc(Cc3nc(O)cs3)nc2c1.Cc1ccc2oc(NC(N)=S)nc2c1.O=P(Cl)(Cl)Cl. The van der Waals surface area contributed by atoms with Crippen molar-refractivity contribution in [1.29, 1.82) is 0 Å². The number of aryl methyl sites for hydroxylation is 3. The van der Waals surface area contributed by atoms with E-state index in [9.17, 15) is 9.36 Å². The van der Waals surface area contributed by atoms with E-state index in [4.69, 9.17) is 35.7 Å². The van der Waals surface area contributed by atoms with Crippen LogP contribution in [0.1, 0.15) is 45.4 Å². The number of nitrogens with zero attached hydrogens (tertiary/aromatic N) is 5. The predicted molar refractivity (Wildman–Crippen MR) is 249 cm³/mol. The van der Waals surface area contributed by atoms with Gasteiger partial charge in [-0.2, -0.15) is 4.98 Å². The second-order valence-corrected chi connectivity index (χ2v) is 21.9. The van der Waals surface area contributed by atoms with Gasteiger partial charge in [0.2, 0.25) is 17.7 Å². The number of anilines is 1. The molecule has 0 unspecified atom stereocenters. The fourth-order valence-electron chi connectivity index (χ4n) is 4.73. The molecule has 4 N–H and O–H groups in total. The number of oxazole rings is 3. The van der Waals surface area contributed by atoms with Crippen molar-refractivity contribution in [3.05, 3.63) is 109 Å². The molecule has 0 aliphatic heterocycles. The van der Waals surface area contributed by atoms with Gasteiger partial charge in [-0.1, -0.05) is 45.7 Å². The molecule has 318 valence electrons. The van der Waals surface area contributed by atoms with E-state index in [1.54, 1.807) is 12.3 Å². The van der Waals surface area contributed by atoms with Crippen molar-refractivity contribution in [1.82, 2.24) is 24.9 Å². The molecule has 0 saturated carbocycles. The Labute approximate surface area is 384 Å². The highest BCUT2D eigenvalue weighted by atomic mass is 79.9. The van der Waals surface area contributed by atoms with Crippen LogP contribution >= 0.6 is 101 Å². The lowest BCUT2D eigenvalue weighted by Gasteiger charge is -1.93. The molecular weight excluding hydrogens is 1000 g/mol. The summed E-state index contributed by atoms with van der Waals surface area (Å²) < 4.78 is 30.6. The Morgan fingerprint density at radius 2 is 1.27 bits per heavy atom. The summed E-state index contributed by atoms with van der Waals surface area (Å²) in [5.41, 5.74) is 13.6. The van der Waals surface area contributed by atoms with E-state index in [0.717, 1.165) is 48.9 Å². The molecule has 5 aromatic heterocycles. The molecule has 23 heteroatoms. The summed E-state index contributed by atoms with van der Waals surface area (Å²) in [5, 5.41) is 14.7. The van der Waals surface area contributed by atoms with Crippen molar-refractivity contribution in [2.24, 2.45) is 5.73 Å². The third kappa shape index (κ3) is 17.3. The van der Waals surface area contributed by atoms with Crippen LogP contribution in [0.2, 0.25) is 5.15 Å². The number of nitrogens with two attached hydrogens (primary N) is 1. The van der Waals surface area contributed by atoms with Crippen LogP contribution < -0.4 is 11.1 Å². The molecule has 0 aliphatic carbocycles. The number of hydrogen-bond donors (Lipinski definition) is 3. The number of nitrogens with one attached hydrogen (secondary N) is 1. The predicted octanol–water partition coefficient (Wildman–Crippen LogP) is 12.3. The number of esters is 1.